The molecule has 0 atom stereocenters. The maximum absolute atomic E-state index is 4.16. The summed E-state index contributed by atoms with van der Waals surface area (Å²) in [5.74, 6) is 1.05. The predicted molar refractivity (Wildman–Crippen MR) is 58.0 cm³/mol. The zero-order valence-electron chi connectivity index (χ0n) is 8.27. The third-order valence-corrected chi connectivity index (χ3v) is 2.68. The molecule has 0 radical (unpaired) electrons. The number of aromatic nitrogens is 5. The second-order valence-corrected chi connectivity index (χ2v) is 3.85. The lowest BCUT2D eigenvalue weighted by Crippen LogP contribution is -1.99. The average molecular weight is 266 g/mol. The van der Waals surface area contributed by atoms with E-state index >= 15 is 0 Å². The standard InChI is InChI=1S/C9H8BrN5/c1-5-3-7(4-11-8(5)10)9-14-12-6(2)13-15-9/h3-4H,1-2H3. The first-order valence-corrected chi connectivity index (χ1v) is 5.12. The maximum Gasteiger partial charge on any atom is 0.205 e. The summed E-state index contributed by atoms with van der Waals surface area (Å²) in [6, 6.07) is 1.94. The van der Waals surface area contributed by atoms with E-state index in [4.69, 9.17) is 0 Å². The van der Waals surface area contributed by atoms with Gasteiger partial charge < -0.3 is 0 Å². The summed E-state index contributed by atoms with van der Waals surface area (Å²) < 4.78 is 0.819. The molecule has 5 nitrogen and oxygen atoms in total. The first-order chi connectivity index (χ1) is 7.16. The van der Waals surface area contributed by atoms with Crippen molar-refractivity contribution < 1.29 is 0 Å². The van der Waals surface area contributed by atoms with E-state index in [0.29, 0.717) is 11.6 Å². The Balaban J connectivity index is 2.45. The van der Waals surface area contributed by atoms with Crippen molar-refractivity contribution in [3.8, 4) is 11.4 Å². The molecule has 0 spiro atoms. The van der Waals surface area contributed by atoms with E-state index in [1.807, 2.05) is 13.0 Å². The maximum atomic E-state index is 4.16. The van der Waals surface area contributed by atoms with E-state index in [0.717, 1.165) is 15.7 Å². The molecule has 0 aliphatic carbocycles. The van der Waals surface area contributed by atoms with Gasteiger partial charge in [0, 0.05) is 11.8 Å². The fourth-order valence-electron chi connectivity index (χ4n) is 1.08. The molecule has 2 heterocycles. The average Bonchev–Trinajstić information content (AvgIpc) is 2.23. The van der Waals surface area contributed by atoms with E-state index in [1.54, 1.807) is 13.1 Å². The van der Waals surface area contributed by atoms with Gasteiger partial charge in [0.25, 0.3) is 0 Å². The van der Waals surface area contributed by atoms with Gasteiger partial charge >= 0.3 is 0 Å². The van der Waals surface area contributed by atoms with Crippen molar-refractivity contribution in [2.24, 2.45) is 0 Å². The fraction of sp³-hybridized carbons (Fsp3) is 0.222. The summed E-state index contributed by atoms with van der Waals surface area (Å²) >= 11 is 3.33. The third kappa shape index (κ3) is 2.15. The van der Waals surface area contributed by atoms with Crippen LogP contribution in [-0.2, 0) is 0 Å². The summed E-state index contributed by atoms with van der Waals surface area (Å²) in [5.41, 5.74) is 1.84. The van der Waals surface area contributed by atoms with Crippen LogP contribution >= 0.6 is 15.9 Å². The van der Waals surface area contributed by atoms with Crippen molar-refractivity contribution in [2.75, 3.05) is 0 Å². The van der Waals surface area contributed by atoms with Crippen LogP contribution in [0, 0.1) is 13.8 Å². The smallest absolute Gasteiger partial charge is 0.205 e. The summed E-state index contributed by atoms with van der Waals surface area (Å²) in [7, 11) is 0. The van der Waals surface area contributed by atoms with Crippen molar-refractivity contribution in [2.45, 2.75) is 13.8 Å². The van der Waals surface area contributed by atoms with Crippen LogP contribution in [0.1, 0.15) is 11.4 Å². The highest BCUT2D eigenvalue weighted by Crippen LogP contribution is 2.18. The fourth-order valence-corrected chi connectivity index (χ4v) is 1.29. The summed E-state index contributed by atoms with van der Waals surface area (Å²) in [6.45, 7) is 3.70. The molecule has 76 valence electrons. The van der Waals surface area contributed by atoms with Crippen molar-refractivity contribution in [3.05, 3.63) is 28.3 Å². The number of halogens is 1. The number of rotatable bonds is 1. The van der Waals surface area contributed by atoms with Crippen molar-refractivity contribution >= 4 is 15.9 Å². The van der Waals surface area contributed by atoms with Crippen molar-refractivity contribution in [1.82, 2.24) is 25.4 Å². The van der Waals surface area contributed by atoms with Crippen LogP contribution in [0.2, 0.25) is 0 Å². The first-order valence-electron chi connectivity index (χ1n) is 4.33. The monoisotopic (exact) mass is 265 g/mol. The Hall–Kier alpha value is -1.43. The Morgan fingerprint density at radius 2 is 1.73 bits per heavy atom. The van der Waals surface area contributed by atoms with E-state index in [9.17, 15) is 0 Å². The van der Waals surface area contributed by atoms with Crippen LogP contribution in [-0.4, -0.2) is 25.4 Å². The Morgan fingerprint density at radius 3 is 2.33 bits per heavy atom. The van der Waals surface area contributed by atoms with Gasteiger partial charge in [-0.3, -0.25) is 0 Å². The normalized spacial score (nSPS) is 10.3. The minimum atomic E-state index is 0.490. The molecular weight excluding hydrogens is 258 g/mol. The highest BCUT2D eigenvalue weighted by Gasteiger charge is 2.05. The van der Waals surface area contributed by atoms with E-state index in [1.165, 1.54) is 0 Å². The number of nitrogens with zero attached hydrogens (tertiary/aromatic N) is 5. The van der Waals surface area contributed by atoms with E-state index in [2.05, 4.69) is 41.3 Å². The highest BCUT2D eigenvalue weighted by molar-refractivity contribution is 9.10. The van der Waals surface area contributed by atoms with E-state index < -0.39 is 0 Å². The molecular formula is C9H8BrN5. The molecule has 2 aromatic rings. The molecule has 0 saturated heterocycles. The second-order valence-electron chi connectivity index (χ2n) is 3.10. The Kier molecular flexibility index (Phi) is 2.68. The summed E-state index contributed by atoms with van der Waals surface area (Å²) in [4.78, 5) is 4.16. The highest BCUT2D eigenvalue weighted by atomic mass is 79.9. The largest absolute Gasteiger partial charge is 0.248 e. The summed E-state index contributed by atoms with van der Waals surface area (Å²) in [6.07, 6.45) is 1.69. The molecule has 0 aromatic carbocycles. The molecule has 0 bridgehead atoms. The SMILES string of the molecule is Cc1nnc(-c2cnc(Br)c(C)c2)nn1. The lowest BCUT2D eigenvalue weighted by molar-refractivity contribution is 0.815. The molecule has 6 heteroatoms. The van der Waals surface area contributed by atoms with Crippen molar-refractivity contribution in [1.29, 1.82) is 0 Å². The molecule has 0 N–H and O–H groups in total. The van der Waals surface area contributed by atoms with Gasteiger partial charge in [-0.25, -0.2) is 4.98 Å². The Bertz CT molecular complexity index is 482. The van der Waals surface area contributed by atoms with Gasteiger partial charge in [0.1, 0.15) is 4.60 Å². The van der Waals surface area contributed by atoms with Crippen LogP contribution in [0.5, 0.6) is 0 Å². The first kappa shape index (κ1) is 10.1. The molecule has 2 rings (SSSR count). The van der Waals surface area contributed by atoms with Gasteiger partial charge in [0.05, 0.1) is 0 Å². The quantitative estimate of drug-likeness (QED) is 0.735. The zero-order valence-corrected chi connectivity index (χ0v) is 9.85. The number of hydrogen-bond acceptors (Lipinski definition) is 5. The van der Waals surface area contributed by atoms with Crippen LogP contribution in [0.15, 0.2) is 16.9 Å². The lowest BCUT2D eigenvalue weighted by atomic mass is 10.2. The Labute approximate surface area is 95.1 Å². The van der Waals surface area contributed by atoms with E-state index in [-0.39, 0.29) is 0 Å². The molecule has 0 saturated carbocycles. The van der Waals surface area contributed by atoms with Gasteiger partial charge in [0.15, 0.2) is 5.82 Å². The number of hydrogen-bond donors (Lipinski definition) is 0. The molecule has 0 fully saturated rings. The van der Waals surface area contributed by atoms with Gasteiger partial charge in [-0.15, -0.1) is 20.4 Å². The third-order valence-electron chi connectivity index (χ3n) is 1.85. The molecule has 2 aromatic heterocycles. The number of pyridine rings is 1. The second kappa shape index (κ2) is 3.98. The molecule has 0 aliphatic heterocycles. The Morgan fingerprint density at radius 1 is 1.07 bits per heavy atom. The molecule has 0 amide bonds. The lowest BCUT2D eigenvalue weighted by Gasteiger charge is -2.00. The van der Waals surface area contributed by atoms with Crippen molar-refractivity contribution in [3.63, 3.8) is 0 Å². The molecule has 0 aliphatic rings. The summed E-state index contributed by atoms with van der Waals surface area (Å²) in [5, 5.41) is 15.6. The zero-order chi connectivity index (χ0) is 10.8. The van der Waals surface area contributed by atoms with Gasteiger partial charge in [-0.1, -0.05) is 0 Å². The molecule has 15 heavy (non-hydrogen) atoms. The minimum Gasteiger partial charge on any atom is -0.248 e. The van der Waals surface area contributed by atoms with Crippen LogP contribution in [0.25, 0.3) is 11.4 Å². The molecule has 0 unspecified atom stereocenters. The predicted octanol–water partition coefficient (Wildman–Crippen LogP) is 1.71. The minimum absolute atomic E-state index is 0.490. The van der Waals surface area contributed by atoms with Crippen LogP contribution in [0.4, 0.5) is 0 Å². The topological polar surface area (TPSA) is 64.5 Å². The van der Waals surface area contributed by atoms with Crippen LogP contribution < -0.4 is 0 Å². The number of aryl methyl sites for hydroxylation is 2. The van der Waals surface area contributed by atoms with Crippen LogP contribution in [0.3, 0.4) is 0 Å². The van der Waals surface area contributed by atoms with Gasteiger partial charge in [-0.2, -0.15) is 0 Å². The van der Waals surface area contributed by atoms with Gasteiger partial charge in [-0.05, 0) is 41.4 Å². The van der Waals surface area contributed by atoms with Gasteiger partial charge in [0.2, 0.25) is 5.82 Å².